The summed E-state index contributed by atoms with van der Waals surface area (Å²) in [6, 6.07) is 15.3. The molecule has 0 aliphatic carbocycles. The Hall–Kier alpha value is -1.27. The summed E-state index contributed by atoms with van der Waals surface area (Å²) in [4.78, 5) is 0. The number of hydrogen-bond acceptors (Lipinski definition) is 0. The third kappa shape index (κ3) is 3.61. The SMILES string of the molecule is Cc1cc(C)cc(CC(CCl)c2ccccc2C)c1. The summed E-state index contributed by atoms with van der Waals surface area (Å²) in [6.07, 6.45) is 1.01. The van der Waals surface area contributed by atoms with Gasteiger partial charge in [0.05, 0.1) is 0 Å². The molecule has 0 nitrogen and oxygen atoms in total. The van der Waals surface area contributed by atoms with Gasteiger partial charge in [-0.3, -0.25) is 0 Å². The van der Waals surface area contributed by atoms with Gasteiger partial charge in [0.25, 0.3) is 0 Å². The Morgan fingerprint density at radius 3 is 2.16 bits per heavy atom. The predicted molar refractivity (Wildman–Crippen MR) is 84.3 cm³/mol. The minimum absolute atomic E-state index is 0.393. The lowest BCUT2D eigenvalue weighted by atomic mass is 9.89. The maximum absolute atomic E-state index is 6.20. The Morgan fingerprint density at radius 2 is 1.58 bits per heavy atom. The van der Waals surface area contributed by atoms with Gasteiger partial charge in [-0.05, 0) is 43.9 Å². The molecule has 1 unspecified atom stereocenters. The first-order chi connectivity index (χ1) is 9.10. The zero-order chi connectivity index (χ0) is 13.8. The molecule has 0 saturated carbocycles. The Kier molecular flexibility index (Phi) is 4.66. The molecule has 2 aromatic rings. The van der Waals surface area contributed by atoms with Crippen molar-refractivity contribution in [2.45, 2.75) is 33.1 Å². The van der Waals surface area contributed by atoms with Gasteiger partial charge >= 0.3 is 0 Å². The van der Waals surface area contributed by atoms with Crippen LogP contribution in [-0.2, 0) is 6.42 Å². The van der Waals surface area contributed by atoms with Crippen molar-refractivity contribution in [2.75, 3.05) is 5.88 Å². The summed E-state index contributed by atoms with van der Waals surface area (Å²) >= 11 is 6.20. The number of halogens is 1. The molecule has 100 valence electrons. The zero-order valence-corrected chi connectivity index (χ0v) is 12.7. The molecule has 0 spiro atoms. The average Bonchev–Trinajstić information content (AvgIpc) is 2.36. The highest BCUT2D eigenvalue weighted by Gasteiger charge is 2.13. The van der Waals surface area contributed by atoms with Gasteiger partial charge in [0, 0.05) is 11.8 Å². The fourth-order valence-corrected chi connectivity index (χ4v) is 3.04. The molecule has 0 heterocycles. The average molecular weight is 273 g/mol. The van der Waals surface area contributed by atoms with E-state index in [1.807, 2.05) is 0 Å². The fraction of sp³-hybridized carbons (Fsp3) is 0.333. The van der Waals surface area contributed by atoms with E-state index in [-0.39, 0.29) is 0 Å². The molecule has 0 radical (unpaired) electrons. The van der Waals surface area contributed by atoms with Gasteiger partial charge in [-0.1, -0.05) is 53.6 Å². The number of hydrogen-bond donors (Lipinski definition) is 0. The van der Waals surface area contributed by atoms with E-state index in [4.69, 9.17) is 11.6 Å². The highest BCUT2D eigenvalue weighted by molar-refractivity contribution is 6.18. The van der Waals surface area contributed by atoms with Gasteiger partial charge < -0.3 is 0 Å². The highest BCUT2D eigenvalue weighted by atomic mass is 35.5. The van der Waals surface area contributed by atoms with Crippen molar-refractivity contribution < 1.29 is 0 Å². The molecule has 0 N–H and O–H groups in total. The Balaban J connectivity index is 2.26. The quantitative estimate of drug-likeness (QED) is 0.673. The zero-order valence-electron chi connectivity index (χ0n) is 11.9. The monoisotopic (exact) mass is 272 g/mol. The van der Waals surface area contributed by atoms with E-state index >= 15 is 0 Å². The van der Waals surface area contributed by atoms with Crippen LogP contribution in [0, 0.1) is 20.8 Å². The molecular weight excluding hydrogens is 252 g/mol. The van der Waals surface area contributed by atoms with E-state index in [1.54, 1.807) is 0 Å². The summed E-state index contributed by atoms with van der Waals surface area (Å²) in [5.74, 6) is 1.06. The molecule has 2 aromatic carbocycles. The van der Waals surface area contributed by atoms with Crippen LogP contribution in [0.15, 0.2) is 42.5 Å². The minimum Gasteiger partial charge on any atom is -0.126 e. The molecule has 0 amide bonds. The summed E-state index contributed by atoms with van der Waals surface area (Å²) < 4.78 is 0. The Morgan fingerprint density at radius 1 is 0.947 bits per heavy atom. The molecule has 0 saturated heterocycles. The second-order valence-corrected chi connectivity index (χ2v) is 5.72. The summed E-state index contributed by atoms with van der Waals surface area (Å²) in [7, 11) is 0. The van der Waals surface area contributed by atoms with Crippen molar-refractivity contribution in [1.82, 2.24) is 0 Å². The first-order valence-corrected chi connectivity index (χ1v) is 7.32. The van der Waals surface area contributed by atoms with E-state index in [2.05, 4.69) is 63.2 Å². The van der Waals surface area contributed by atoms with Gasteiger partial charge in [-0.25, -0.2) is 0 Å². The van der Waals surface area contributed by atoms with E-state index in [9.17, 15) is 0 Å². The highest BCUT2D eigenvalue weighted by Crippen LogP contribution is 2.26. The molecule has 0 fully saturated rings. The van der Waals surface area contributed by atoms with Gasteiger partial charge in [0.1, 0.15) is 0 Å². The van der Waals surface area contributed by atoms with Crippen molar-refractivity contribution in [1.29, 1.82) is 0 Å². The molecule has 0 aromatic heterocycles. The van der Waals surface area contributed by atoms with Crippen molar-refractivity contribution in [3.05, 3.63) is 70.3 Å². The molecule has 19 heavy (non-hydrogen) atoms. The lowest BCUT2D eigenvalue weighted by molar-refractivity contribution is 0.759. The van der Waals surface area contributed by atoms with Gasteiger partial charge in [0.15, 0.2) is 0 Å². The van der Waals surface area contributed by atoms with Crippen LogP contribution in [0.3, 0.4) is 0 Å². The van der Waals surface area contributed by atoms with Gasteiger partial charge in [-0.15, -0.1) is 11.6 Å². The van der Waals surface area contributed by atoms with Crippen LogP contribution in [0.25, 0.3) is 0 Å². The molecule has 2 rings (SSSR count). The Labute approximate surface area is 121 Å². The minimum atomic E-state index is 0.393. The fourth-order valence-electron chi connectivity index (χ4n) is 2.76. The maximum Gasteiger partial charge on any atom is 0.0295 e. The second kappa shape index (κ2) is 6.25. The van der Waals surface area contributed by atoms with Crippen LogP contribution in [0.4, 0.5) is 0 Å². The number of rotatable bonds is 4. The van der Waals surface area contributed by atoms with Crippen LogP contribution in [-0.4, -0.2) is 5.88 Å². The standard InChI is InChI=1S/C18H21Cl/c1-13-8-14(2)10-16(9-13)11-17(12-19)18-7-5-4-6-15(18)3/h4-10,17H,11-12H2,1-3H3. The van der Waals surface area contributed by atoms with E-state index < -0.39 is 0 Å². The lowest BCUT2D eigenvalue weighted by Crippen LogP contribution is -2.07. The molecule has 0 aliphatic rings. The van der Waals surface area contributed by atoms with Crippen LogP contribution in [0.5, 0.6) is 0 Å². The maximum atomic E-state index is 6.20. The summed E-state index contributed by atoms with van der Waals surface area (Å²) in [5.41, 5.74) is 6.74. The summed E-state index contributed by atoms with van der Waals surface area (Å²) in [6.45, 7) is 6.47. The van der Waals surface area contributed by atoms with E-state index in [0.29, 0.717) is 11.8 Å². The topological polar surface area (TPSA) is 0 Å². The molecule has 0 aliphatic heterocycles. The molecule has 0 bridgehead atoms. The van der Waals surface area contributed by atoms with Crippen molar-refractivity contribution >= 4 is 11.6 Å². The van der Waals surface area contributed by atoms with Crippen molar-refractivity contribution in [3.63, 3.8) is 0 Å². The van der Waals surface area contributed by atoms with Gasteiger partial charge in [0.2, 0.25) is 0 Å². The van der Waals surface area contributed by atoms with Crippen molar-refractivity contribution in [3.8, 4) is 0 Å². The lowest BCUT2D eigenvalue weighted by Gasteiger charge is -2.17. The smallest absolute Gasteiger partial charge is 0.0295 e. The number of aryl methyl sites for hydroxylation is 3. The number of benzene rings is 2. The van der Waals surface area contributed by atoms with Crippen LogP contribution < -0.4 is 0 Å². The third-order valence-corrected chi connectivity index (χ3v) is 3.95. The van der Waals surface area contributed by atoms with E-state index in [0.717, 1.165) is 6.42 Å². The van der Waals surface area contributed by atoms with Crippen LogP contribution in [0.1, 0.15) is 33.7 Å². The molecular formula is C18H21Cl. The van der Waals surface area contributed by atoms with Crippen LogP contribution in [0.2, 0.25) is 0 Å². The Bertz CT molecular complexity index is 537. The van der Waals surface area contributed by atoms with Crippen molar-refractivity contribution in [2.24, 2.45) is 0 Å². The van der Waals surface area contributed by atoms with E-state index in [1.165, 1.54) is 27.8 Å². The normalized spacial score (nSPS) is 12.4. The van der Waals surface area contributed by atoms with Crippen LogP contribution >= 0.6 is 11.6 Å². The molecule has 1 heteroatoms. The first-order valence-electron chi connectivity index (χ1n) is 6.79. The second-order valence-electron chi connectivity index (χ2n) is 5.41. The molecule has 1 atom stereocenters. The predicted octanol–water partition coefficient (Wildman–Crippen LogP) is 5.18. The largest absolute Gasteiger partial charge is 0.126 e. The first kappa shape index (κ1) is 14.1. The van der Waals surface area contributed by atoms with Gasteiger partial charge in [-0.2, -0.15) is 0 Å². The summed E-state index contributed by atoms with van der Waals surface area (Å²) in [5, 5.41) is 0. The number of alkyl halides is 1. The third-order valence-electron chi connectivity index (χ3n) is 3.58.